The number of halogens is 2. The smallest absolute Gasteiger partial charge is 0.0134 e. The quantitative estimate of drug-likeness (QED) is 0.0828. The fourth-order valence-electron chi connectivity index (χ4n) is 7.27. The van der Waals surface area contributed by atoms with Crippen LogP contribution in [-0.2, 0) is 35.3 Å². The molecule has 2 N–H and O–H groups in total. The molecule has 0 spiro atoms. The summed E-state index contributed by atoms with van der Waals surface area (Å²) in [4.78, 5) is 11.5. The maximum atomic E-state index is 12.4. The van der Waals surface area contributed by atoms with Crippen molar-refractivity contribution in [2.24, 2.45) is 0 Å². The SMILES string of the molecule is C[C@H]1COCCN1c1cc(C(C)(C)S(C)(=O)=O)nc(-c2ccc(N)cc2)n1.[Cl][Pd][Cl].c1ccc(P(c2ccccc2)c2ccccc2)cc1.c1ccc(P(c2ccccc2)c2ccccc2)cc1. The minimum atomic E-state index is -3.38. The zero-order chi connectivity index (χ0) is 48.4. The van der Waals surface area contributed by atoms with E-state index in [1.54, 1.807) is 32.0 Å². The molecule has 1 aromatic heterocycles. The van der Waals surface area contributed by atoms with E-state index in [2.05, 4.69) is 199 Å². The van der Waals surface area contributed by atoms with Crippen LogP contribution in [0.15, 0.2) is 212 Å². The summed E-state index contributed by atoms with van der Waals surface area (Å²) < 4.78 is 29.2. The van der Waals surface area contributed by atoms with E-state index in [1.165, 1.54) is 38.1 Å². The van der Waals surface area contributed by atoms with Crippen LogP contribution in [0.1, 0.15) is 26.5 Å². The molecule has 1 atom stereocenters. The van der Waals surface area contributed by atoms with E-state index in [-0.39, 0.29) is 22.0 Å². The number of sulfone groups is 1. The Kier molecular flexibility index (Phi) is 20.3. The molecule has 0 unspecified atom stereocenters. The van der Waals surface area contributed by atoms with Gasteiger partial charge in [0.1, 0.15) is 10.6 Å². The Morgan fingerprint density at radius 2 is 0.941 bits per heavy atom. The van der Waals surface area contributed by atoms with Gasteiger partial charge in [-0.2, -0.15) is 0 Å². The number of nitrogen functional groups attached to an aromatic ring is 1. The number of ether oxygens (including phenoxy) is 1. The Labute approximate surface area is 421 Å². The molecule has 1 fully saturated rings. The fourth-order valence-corrected chi connectivity index (χ4v) is 12.4. The van der Waals surface area contributed by atoms with Crippen LogP contribution in [0.25, 0.3) is 11.4 Å². The Morgan fingerprint density at radius 1 is 0.603 bits per heavy atom. The normalized spacial score (nSPS) is 13.6. The Bertz CT molecular complexity index is 2520. The standard InChI is InChI=1S/C19H26N4O3S.2C18H15P.2ClH.Pd/c1-13-12-26-10-9-23(13)17-11-16(19(2,3)27(4,24)25)21-18(22-17)14-5-7-15(20)8-6-14;2*1-4-10-16(11-5-1)19(17-12-6-2-7-13-17)18-14-8-3-9-15-18;;;/h5-8,11,13H,9-10,12,20H2,1-4H3;2*1-15H;2*1H;/q;;;;;+2/p-2/t13-;;;;;/m0...../s1. The van der Waals surface area contributed by atoms with Gasteiger partial charge in [-0.3, -0.25) is 0 Å². The molecule has 0 amide bonds. The van der Waals surface area contributed by atoms with Gasteiger partial charge in [-0.05, 0) is 92.7 Å². The van der Waals surface area contributed by atoms with Gasteiger partial charge in [0.15, 0.2) is 15.7 Å². The van der Waals surface area contributed by atoms with Crippen LogP contribution in [0.2, 0.25) is 0 Å². The summed E-state index contributed by atoms with van der Waals surface area (Å²) in [5.74, 6) is 1.19. The van der Waals surface area contributed by atoms with Crippen LogP contribution < -0.4 is 42.5 Å². The molecular weight excluding hydrogens is 1040 g/mol. The summed E-state index contributed by atoms with van der Waals surface area (Å²) in [5.41, 5.74) is 7.69. The molecule has 8 aromatic rings. The number of hydrogen-bond acceptors (Lipinski definition) is 7. The summed E-state index contributed by atoms with van der Waals surface area (Å²) in [5, 5.41) is 8.39. The number of morpholine rings is 1. The van der Waals surface area contributed by atoms with Gasteiger partial charge in [-0.15, -0.1) is 0 Å². The fraction of sp³-hybridized carbons (Fsp3) is 0.164. The van der Waals surface area contributed by atoms with E-state index in [9.17, 15) is 8.42 Å². The molecule has 7 aromatic carbocycles. The van der Waals surface area contributed by atoms with E-state index in [1.807, 2.05) is 12.1 Å². The molecule has 68 heavy (non-hydrogen) atoms. The van der Waals surface area contributed by atoms with E-state index in [0.29, 0.717) is 42.8 Å². The van der Waals surface area contributed by atoms with Crippen molar-refractivity contribution in [3.05, 3.63) is 218 Å². The van der Waals surface area contributed by atoms with E-state index < -0.39 is 30.4 Å². The van der Waals surface area contributed by atoms with Gasteiger partial charge in [0.2, 0.25) is 0 Å². The maximum Gasteiger partial charge on any atom is -0.0134 e. The molecule has 0 bridgehead atoms. The molecule has 9 rings (SSSR count). The van der Waals surface area contributed by atoms with Gasteiger partial charge in [0.05, 0.1) is 24.9 Å². The summed E-state index contributed by atoms with van der Waals surface area (Å²) in [6.45, 7) is 7.31. The largest absolute Gasteiger partial charge is 0.0622 e. The van der Waals surface area contributed by atoms with Gasteiger partial charge in [0, 0.05) is 30.1 Å². The first-order valence-electron chi connectivity index (χ1n) is 21.9. The summed E-state index contributed by atoms with van der Waals surface area (Å²) in [7, 11) is 5.36. The van der Waals surface area contributed by atoms with E-state index in [0.717, 1.165) is 5.56 Å². The number of benzene rings is 7. The summed E-state index contributed by atoms with van der Waals surface area (Å²) >= 11 is -0.106. The van der Waals surface area contributed by atoms with Crippen molar-refractivity contribution in [3.63, 3.8) is 0 Å². The van der Waals surface area contributed by atoms with Crippen molar-refractivity contribution in [1.82, 2.24) is 9.97 Å². The Balaban J connectivity index is 0.000000166. The van der Waals surface area contributed by atoms with Crippen molar-refractivity contribution in [2.45, 2.75) is 31.6 Å². The maximum absolute atomic E-state index is 12.4. The second-order valence-corrected chi connectivity index (χ2v) is 25.6. The molecule has 0 radical (unpaired) electrons. The van der Waals surface area contributed by atoms with Crippen LogP contribution in [0.4, 0.5) is 11.5 Å². The topological polar surface area (TPSA) is 98.4 Å². The number of anilines is 2. The van der Waals surface area contributed by atoms with Gasteiger partial charge in [0.25, 0.3) is 0 Å². The van der Waals surface area contributed by atoms with Gasteiger partial charge in [-0.1, -0.05) is 182 Å². The molecule has 1 aliphatic heterocycles. The summed E-state index contributed by atoms with van der Waals surface area (Å²) in [6.07, 6.45) is 1.23. The number of aromatic nitrogens is 2. The minimum Gasteiger partial charge on any atom is -0.0622 e. The average Bonchev–Trinajstić information content (AvgIpc) is 3.37. The van der Waals surface area contributed by atoms with E-state index in [4.69, 9.17) is 34.5 Å². The average molecular weight is 1090 g/mol. The third-order valence-corrected chi connectivity index (χ3v) is 18.1. The first-order valence-corrected chi connectivity index (χ1v) is 30.5. The van der Waals surface area contributed by atoms with E-state index >= 15 is 0 Å². The zero-order valence-corrected chi connectivity index (χ0v) is 44.1. The van der Waals surface area contributed by atoms with Crippen LogP contribution in [0.3, 0.4) is 0 Å². The van der Waals surface area contributed by atoms with Crippen molar-refractivity contribution >= 4 is 88.1 Å². The van der Waals surface area contributed by atoms with Crippen LogP contribution in [0.5, 0.6) is 0 Å². The molecule has 354 valence electrons. The molecule has 0 saturated carbocycles. The zero-order valence-electron chi connectivity index (χ0n) is 38.4. The predicted molar refractivity (Wildman–Crippen MR) is 289 cm³/mol. The van der Waals surface area contributed by atoms with Gasteiger partial charge >= 0.3 is 35.0 Å². The van der Waals surface area contributed by atoms with Crippen LogP contribution in [0, 0.1) is 0 Å². The monoisotopic (exact) mass is 1090 g/mol. The second kappa shape index (κ2) is 26.3. The van der Waals surface area contributed by atoms with Crippen molar-refractivity contribution < 1.29 is 29.1 Å². The number of rotatable bonds is 10. The molecule has 13 heteroatoms. The second-order valence-electron chi connectivity index (χ2n) is 16.2. The molecule has 1 saturated heterocycles. The first kappa shape index (κ1) is 52.6. The molecule has 1 aliphatic rings. The number of nitrogens with zero attached hydrogens (tertiary/aromatic N) is 3. The van der Waals surface area contributed by atoms with Crippen molar-refractivity contribution in [1.29, 1.82) is 0 Å². The third-order valence-electron chi connectivity index (χ3n) is 11.2. The van der Waals surface area contributed by atoms with Crippen LogP contribution >= 0.6 is 34.9 Å². The number of nitrogens with two attached hydrogens (primary N) is 1. The molecule has 2 heterocycles. The van der Waals surface area contributed by atoms with Crippen LogP contribution in [-0.4, -0.2) is 50.4 Å². The molecular formula is C55H56Cl2N4O3P2PdS. The van der Waals surface area contributed by atoms with Gasteiger partial charge < -0.3 is 15.4 Å². The molecule has 7 nitrogen and oxygen atoms in total. The first-order chi connectivity index (χ1) is 32.9. The summed E-state index contributed by atoms with van der Waals surface area (Å²) in [6, 6.07) is 73.8. The third kappa shape index (κ3) is 14.6. The Morgan fingerprint density at radius 3 is 1.25 bits per heavy atom. The van der Waals surface area contributed by atoms with Crippen molar-refractivity contribution in [3.8, 4) is 11.4 Å². The minimum absolute atomic E-state index is 0.106. The van der Waals surface area contributed by atoms with Gasteiger partial charge in [-0.25, -0.2) is 18.4 Å². The Hall–Kier alpha value is -4.77. The predicted octanol–water partition coefficient (Wildman–Crippen LogP) is 10.5. The molecule has 0 aliphatic carbocycles. The number of hydrogen-bond donors (Lipinski definition) is 1. The van der Waals surface area contributed by atoms with Crippen molar-refractivity contribution in [2.75, 3.05) is 36.6 Å².